The zero-order chi connectivity index (χ0) is 12.4. The summed E-state index contributed by atoms with van der Waals surface area (Å²) in [7, 11) is 0. The first-order valence-corrected chi connectivity index (χ1v) is 8.54. The molecule has 1 unspecified atom stereocenters. The fourth-order valence-corrected chi connectivity index (χ4v) is 4.42. The first kappa shape index (κ1) is 13.3. The Morgan fingerprint density at radius 2 is 1.94 bits per heavy atom. The molecule has 4 heteroatoms. The van der Waals surface area contributed by atoms with Gasteiger partial charge in [0.15, 0.2) is 0 Å². The molecule has 2 aliphatic heterocycles. The highest BCUT2D eigenvalue weighted by Gasteiger charge is 2.39. The molecule has 104 valence electrons. The molecular formula is C14H25BrN2O. The van der Waals surface area contributed by atoms with Crippen LogP contribution in [0.3, 0.4) is 0 Å². The Kier molecular flexibility index (Phi) is 4.28. The summed E-state index contributed by atoms with van der Waals surface area (Å²) in [4.78, 5) is 5.35. The zero-order valence-electron chi connectivity index (χ0n) is 11.2. The van der Waals surface area contributed by atoms with E-state index in [1.54, 1.807) is 0 Å². The lowest BCUT2D eigenvalue weighted by molar-refractivity contribution is 0.0166. The van der Waals surface area contributed by atoms with E-state index >= 15 is 0 Å². The van der Waals surface area contributed by atoms with E-state index in [2.05, 4.69) is 25.7 Å². The van der Waals surface area contributed by atoms with E-state index in [0.29, 0.717) is 5.41 Å². The van der Waals surface area contributed by atoms with Gasteiger partial charge in [0, 0.05) is 37.6 Å². The summed E-state index contributed by atoms with van der Waals surface area (Å²) in [6.07, 6.45) is 5.65. The number of likely N-dealkylation sites (tertiary alicyclic amines) is 1. The Hall–Kier alpha value is 0.360. The smallest absolute Gasteiger partial charge is 0.0594 e. The molecule has 3 aliphatic rings. The number of rotatable bonds is 4. The summed E-state index contributed by atoms with van der Waals surface area (Å²) in [5.74, 6) is 0. The second-order valence-electron chi connectivity index (χ2n) is 6.31. The Morgan fingerprint density at radius 3 is 2.56 bits per heavy atom. The number of morpholine rings is 1. The van der Waals surface area contributed by atoms with Crippen molar-refractivity contribution in [2.75, 3.05) is 51.3 Å². The maximum atomic E-state index is 5.45. The van der Waals surface area contributed by atoms with Crippen molar-refractivity contribution in [3.63, 3.8) is 0 Å². The average Bonchev–Trinajstić information content (AvgIpc) is 2.83. The van der Waals surface area contributed by atoms with E-state index in [9.17, 15) is 0 Å². The highest BCUT2D eigenvalue weighted by molar-refractivity contribution is 9.09. The number of hydrogen-bond acceptors (Lipinski definition) is 3. The van der Waals surface area contributed by atoms with Crippen molar-refractivity contribution in [3.05, 3.63) is 0 Å². The molecule has 0 spiro atoms. The molecule has 1 aliphatic carbocycles. The van der Waals surface area contributed by atoms with Crippen LogP contribution in [0.4, 0.5) is 0 Å². The van der Waals surface area contributed by atoms with Crippen molar-refractivity contribution in [1.82, 2.24) is 9.80 Å². The lowest BCUT2D eigenvalue weighted by atomic mass is 9.70. The van der Waals surface area contributed by atoms with E-state index in [-0.39, 0.29) is 0 Å². The molecule has 2 saturated heterocycles. The van der Waals surface area contributed by atoms with Gasteiger partial charge >= 0.3 is 0 Å². The van der Waals surface area contributed by atoms with Gasteiger partial charge < -0.3 is 9.64 Å². The monoisotopic (exact) mass is 316 g/mol. The third-order valence-corrected chi connectivity index (χ3v) is 6.26. The molecule has 2 heterocycles. The minimum atomic E-state index is 0.611. The van der Waals surface area contributed by atoms with Crippen molar-refractivity contribution in [2.45, 2.75) is 31.7 Å². The average molecular weight is 317 g/mol. The van der Waals surface area contributed by atoms with Gasteiger partial charge in [-0.2, -0.15) is 0 Å². The normalized spacial score (nSPS) is 33.5. The Bertz CT molecular complexity index is 271. The Labute approximate surface area is 119 Å². The van der Waals surface area contributed by atoms with Gasteiger partial charge in [0.25, 0.3) is 0 Å². The standard InChI is InChI=1S/C14H25BrN2O/c15-11-14(3-1-4-14)12-16-5-2-13(10-16)17-6-8-18-9-7-17/h13H,1-12H2. The maximum Gasteiger partial charge on any atom is 0.0594 e. The van der Waals surface area contributed by atoms with Gasteiger partial charge in [-0.1, -0.05) is 22.4 Å². The minimum Gasteiger partial charge on any atom is -0.379 e. The number of alkyl halides is 1. The van der Waals surface area contributed by atoms with Crippen LogP contribution < -0.4 is 0 Å². The van der Waals surface area contributed by atoms with E-state index in [4.69, 9.17) is 4.74 Å². The molecule has 1 atom stereocenters. The van der Waals surface area contributed by atoms with Gasteiger partial charge in [-0.05, 0) is 31.2 Å². The summed E-state index contributed by atoms with van der Waals surface area (Å²) >= 11 is 3.73. The summed E-state index contributed by atoms with van der Waals surface area (Å²) < 4.78 is 5.45. The molecule has 0 N–H and O–H groups in total. The topological polar surface area (TPSA) is 15.7 Å². The summed E-state index contributed by atoms with van der Waals surface area (Å²) in [5, 5.41) is 1.19. The molecule has 18 heavy (non-hydrogen) atoms. The predicted molar refractivity (Wildman–Crippen MR) is 77.3 cm³/mol. The molecule has 0 amide bonds. The van der Waals surface area contributed by atoms with Crippen LogP contribution >= 0.6 is 15.9 Å². The maximum absolute atomic E-state index is 5.45. The lowest BCUT2D eigenvalue weighted by Gasteiger charge is -2.43. The van der Waals surface area contributed by atoms with Gasteiger partial charge in [0.05, 0.1) is 13.2 Å². The second kappa shape index (κ2) is 5.78. The van der Waals surface area contributed by atoms with Crippen LogP contribution in [0.1, 0.15) is 25.7 Å². The van der Waals surface area contributed by atoms with Crippen LogP contribution in [0.15, 0.2) is 0 Å². The number of nitrogens with zero attached hydrogens (tertiary/aromatic N) is 2. The SMILES string of the molecule is BrCC1(CN2CCC(N3CCOCC3)C2)CCC1. The number of halogens is 1. The summed E-state index contributed by atoms with van der Waals surface area (Å²) in [6, 6.07) is 0.793. The fourth-order valence-electron chi connectivity index (χ4n) is 3.68. The Morgan fingerprint density at radius 1 is 1.17 bits per heavy atom. The first-order chi connectivity index (χ1) is 8.81. The summed E-state index contributed by atoms with van der Waals surface area (Å²) in [5.41, 5.74) is 0.611. The molecule has 3 nitrogen and oxygen atoms in total. The van der Waals surface area contributed by atoms with Crippen molar-refractivity contribution in [2.24, 2.45) is 5.41 Å². The van der Waals surface area contributed by atoms with Crippen LogP contribution in [0.5, 0.6) is 0 Å². The van der Waals surface area contributed by atoms with Crippen molar-refractivity contribution in [3.8, 4) is 0 Å². The zero-order valence-corrected chi connectivity index (χ0v) is 12.8. The number of ether oxygens (including phenoxy) is 1. The van der Waals surface area contributed by atoms with Crippen LogP contribution in [-0.4, -0.2) is 67.1 Å². The highest BCUT2D eigenvalue weighted by Crippen LogP contribution is 2.43. The number of hydrogen-bond donors (Lipinski definition) is 0. The molecule has 0 aromatic heterocycles. The summed E-state index contributed by atoms with van der Waals surface area (Å²) in [6.45, 7) is 8.05. The van der Waals surface area contributed by atoms with Gasteiger partial charge in [0.2, 0.25) is 0 Å². The second-order valence-corrected chi connectivity index (χ2v) is 6.87. The molecular weight excluding hydrogens is 292 g/mol. The fraction of sp³-hybridized carbons (Fsp3) is 1.00. The lowest BCUT2D eigenvalue weighted by Crippen LogP contribution is -2.46. The van der Waals surface area contributed by atoms with E-state index in [0.717, 1.165) is 32.3 Å². The largest absolute Gasteiger partial charge is 0.379 e. The van der Waals surface area contributed by atoms with E-state index in [1.165, 1.54) is 50.6 Å². The van der Waals surface area contributed by atoms with Crippen LogP contribution in [0.25, 0.3) is 0 Å². The minimum absolute atomic E-state index is 0.611. The molecule has 1 saturated carbocycles. The molecule has 0 aromatic rings. The van der Waals surface area contributed by atoms with Crippen LogP contribution in [0.2, 0.25) is 0 Å². The molecule has 0 radical (unpaired) electrons. The molecule has 0 aromatic carbocycles. The van der Waals surface area contributed by atoms with Crippen molar-refractivity contribution in [1.29, 1.82) is 0 Å². The van der Waals surface area contributed by atoms with Crippen molar-refractivity contribution >= 4 is 15.9 Å². The van der Waals surface area contributed by atoms with Crippen LogP contribution in [0, 0.1) is 5.41 Å². The molecule has 3 rings (SSSR count). The Balaban J connectivity index is 1.48. The molecule has 3 fully saturated rings. The van der Waals surface area contributed by atoms with Gasteiger partial charge in [-0.25, -0.2) is 0 Å². The molecule has 0 bridgehead atoms. The quantitative estimate of drug-likeness (QED) is 0.737. The van der Waals surface area contributed by atoms with E-state index in [1.807, 2.05) is 0 Å². The third-order valence-electron chi connectivity index (χ3n) is 5.07. The third kappa shape index (κ3) is 2.77. The van der Waals surface area contributed by atoms with Crippen molar-refractivity contribution < 1.29 is 4.74 Å². The van der Waals surface area contributed by atoms with Gasteiger partial charge in [0.1, 0.15) is 0 Å². The van der Waals surface area contributed by atoms with Crippen LogP contribution in [-0.2, 0) is 4.74 Å². The first-order valence-electron chi connectivity index (χ1n) is 7.41. The highest BCUT2D eigenvalue weighted by atomic mass is 79.9. The van der Waals surface area contributed by atoms with Gasteiger partial charge in [-0.3, -0.25) is 4.90 Å². The van der Waals surface area contributed by atoms with E-state index < -0.39 is 0 Å². The van der Waals surface area contributed by atoms with Gasteiger partial charge in [-0.15, -0.1) is 0 Å². The predicted octanol–water partition coefficient (Wildman–Crippen LogP) is 1.96.